The van der Waals surface area contributed by atoms with Crippen LogP contribution in [0.3, 0.4) is 0 Å². The number of nitrogens with zero attached hydrogens (tertiary/aromatic N) is 7. The van der Waals surface area contributed by atoms with Gasteiger partial charge >= 0.3 is 6.18 Å². The topological polar surface area (TPSA) is 146 Å². The largest absolute Gasteiger partial charge is 0.408 e. The Balaban J connectivity index is 1.69. The lowest BCUT2D eigenvalue weighted by Crippen LogP contribution is -2.42. The van der Waals surface area contributed by atoms with Gasteiger partial charge in [0.25, 0.3) is 5.91 Å². The summed E-state index contributed by atoms with van der Waals surface area (Å²) in [4.78, 5) is 21.4. The smallest absolute Gasteiger partial charge is 0.387 e. The van der Waals surface area contributed by atoms with E-state index < -0.39 is 36.9 Å². The van der Waals surface area contributed by atoms with Crippen molar-refractivity contribution in [3.63, 3.8) is 0 Å². The van der Waals surface area contributed by atoms with Crippen molar-refractivity contribution in [1.82, 2.24) is 34.7 Å². The molecule has 1 atom stereocenters. The zero-order valence-corrected chi connectivity index (χ0v) is 20.0. The maximum absolute atomic E-state index is 14.2. The van der Waals surface area contributed by atoms with E-state index in [9.17, 15) is 27.5 Å². The molecule has 0 saturated carbocycles. The van der Waals surface area contributed by atoms with Gasteiger partial charge in [0.2, 0.25) is 0 Å². The van der Waals surface area contributed by atoms with E-state index in [0.29, 0.717) is 21.6 Å². The van der Waals surface area contributed by atoms with Crippen LogP contribution in [-0.2, 0) is 6.54 Å². The highest BCUT2D eigenvalue weighted by atomic mass is 19.4. The first-order chi connectivity index (χ1) is 17.8. The number of hydrogen-bond donors (Lipinski definition) is 3. The van der Waals surface area contributed by atoms with Crippen LogP contribution in [0, 0.1) is 11.3 Å². The molecule has 4 aromatic heterocycles. The van der Waals surface area contributed by atoms with Crippen LogP contribution in [-0.4, -0.2) is 64.9 Å². The highest BCUT2D eigenvalue weighted by molar-refractivity contribution is 6.00. The molecule has 0 saturated heterocycles. The van der Waals surface area contributed by atoms with Crippen molar-refractivity contribution in [1.29, 1.82) is 5.26 Å². The zero-order valence-electron chi connectivity index (χ0n) is 20.0. The van der Waals surface area contributed by atoms with E-state index >= 15 is 0 Å². The Morgan fingerprint density at radius 3 is 2.61 bits per heavy atom. The maximum Gasteiger partial charge on any atom is 0.408 e. The number of nitrogens with one attached hydrogen (secondary N) is 2. The first-order valence-electron chi connectivity index (χ1n) is 11.1. The molecule has 198 valence electrons. The SMILES string of the molecule is CC(C)(O)[C@H](F)CNC(=O)c1cnc(-c2cnn3cc(C#N)cnc23)cc1Nc1cnn(CC(F)(F)F)c1. The quantitative estimate of drug-likeness (QED) is 0.294. The number of carbonyl (C=O) groups excluding carboxylic acids is 1. The molecule has 15 heteroatoms. The fraction of sp³-hybridized carbons (Fsp3) is 0.304. The molecule has 1 amide bonds. The van der Waals surface area contributed by atoms with Crippen LogP contribution in [0.1, 0.15) is 29.8 Å². The number of fused-ring (bicyclic) bond motifs is 1. The van der Waals surface area contributed by atoms with Crippen molar-refractivity contribution >= 4 is 22.9 Å². The number of hydrogen-bond acceptors (Lipinski definition) is 8. The molecule has 0 bridgehead atoms. The van der Waals surface area contributed by atoms with E-state index in [1.54, 1.807) is 0 Å². The highest BCUT2D eigenvalue weighted by Gasteiger charge is 2.29. The summed E-state index contributed by atoms with van der Waals surface area (Å²) in [7, 11) is 0. The minimum Gasteiger partial charge on any atom is -0.387 e. The van der Waals surface area contributed by atoms with Gasteiger partial charge in [0, 0.05) is 18.6 Å². The lowest BCUT2D eigenvalue weighted by Gasteiger charge is -2.22. The van der Waals surface area contributed by atoms with Gasteiger partial charge in [-0.3, -0.25) is 14.5 Å². The molecule has 0 radical (unpaired) electrons. The van der Waals surface area contributed by atoms with E-state index in [-0.39, 0.29) is 22.5 Å². The van der Waals surface area contributed by atoms with Crippen LogP contribution < -0.4 is 10.6 Å². The third-order valence-electron chi connectivity index (χ3n) is 5.37. The average molecular weight is 531 g/mol. The fourth-order valence-corrected chi connectivity index (χ4v) is 3.38. The summed E-state index contributed by atoms with van der Waals surface area (Å²) in [5, 5.41) is 31.9. The summed E-state index contributed by atoms with van der Waals surface area (Å²) in [6.45, 7) is 0.717. The minimum atomic E-state index is -4.48. The molecular weight excluding hydrogens is 510 g/mol. The molecule has 4 rings (SSSR count). The van der Waals surface area contributed by atoms with Crippen LogP contribution in [0.15, 0.2) is 43.2 Å². The van der Waals surface area contributed by atoms with E-state index in [1.807, 2.05) is 6.07 Å². The number of pyridine rings is 1. The number of halogens is 4. The Morgan fingerprint density at radius 1 is 1.16 bits per heavy atom. The second-order valence-electron chi connectivity index (χ2n) is 8.89. The Labute approximate surface area is 212 Å². The van der Waals surface area contributed by atoms with Crippen molar-refractivity contribution in [3.8, 4) is 17.3 Å². The van der Waals surface area contributed by atoms with E-state index in [4.69, 9.17) is 5.26 Å². The molecule has 0 aliphatic rings. The Bertz CT molecular complexity index is 1520. The van der Waals surface area contributed by atoms with Crippen LogP contribution in [0.5, 0.6) is 0 Å². The van der Waals surface area contributed by atoms with Crippen molar-refractivity contribution in [2.45, 2.75) is 38.3 Å². The number of amides is 1. The molecule has 38 heavy (non-hydrogen) atoms. The fourth-order valence-electron chi connectivity index (χ4n) is 3.38. The number of aromatic nitrogens is 6. The van der Waals surface area contributed by atoms with Crippen LogP contribution in [0.4, 0.5) is 28.9 Å². The molecule has 3 N–H and O–H groups in total. The predicted octanol–water partition coefficient (Wildman–Crippen LogP) is 3.00. The van der Waals surface area contributed by atoms with Crippen molar-refractivity contribution in [2.24, 2.45) is 0 Å². The molecule has 0 unspecified atom stereocenters. The molecule has 11 nitrogen and oxygen atoms in total. The van der Waals surface area contributed by atoms with Gasteiger partial charge < -0.3 is 15.7 Å². The number of aliphatic hydroxyl groups is 1. The van der Waals surface area contributed by atoms with Crippen LogP contribution >= 0.6 is 0 Å². The maximum atomic E-state index is 14.2. The van der Waals surface area contributed by atoms with Crippen molar-refractivity contribution in [3.05, 3.63) is 54.4 Å². The molecule has 0 aliphatic heterocycles. The number of nitriles is 1. The molecule has 4 heterocycles. The normalized spacial score (nSPS) is 12.8. The van der Waals surface area contributed by atoms with E-state index in [1.165, 1.54) is 49.2 Å². The Hall–Kier alpha value is -4.58. The van der Waals surface area contributed by atoms with E-state index in [2.05, 4.69) is 30.8 Å². The standard InChI is InChI=1S/C23H21F4N9O2/c1-22(2,38)19(24)9-31-21(37)16-7-29-17(15-8-33-36-10-13(4-28)5-30-20(15)36)3-18(16)34-14-6-32-35(11-14)12-23(25,26)27/h3,5-8,10-11,19,38H,9,12H2,1-2H3,(H,29,34)(H,31,37)/t19-/m1/s1. The average Bonchev–Trinajstić information content (AvgIpc) is 3.46. The summed E-state index contributed by atoms with van der Waals surface area (Å²) in [5.41, 5.74) is -0.0578. The minimum absolute atomic E-state index is 0.0449. The van der Waals surface area contributed by atoms with Gasteiger partial charge in [-0.15, -0.1) is 0 Å². The molecule has 0 fully saturated rings. The summed E-state index contributed by atoms with van der Waals surface area (Å²) < 4.78 is 54.5. The second kappa shape index (κ2) is 10.1. The van der Waals surface area contributed by atoms with Gasteiger partial charge in [-0.2, -0.15) is 28.6 Å². The van der Waals surface area contributed by atoms with Gasteiger partial charge in [-0.1, -0.05) is 0 Å². The molecule has 0 aliphatic carbocycles. The lowest BCUT2D eigenvalue weighted by molar-refractivity contribution is -0.142. The first-order valence-corrected chi connectivity index (χ1v) is 11.1. The second-order valence-corrected chi connectivity index (χ2v) is 8.89. The van der Waals surface area contributed by atoms with Gasteiger partial charge in [0.1, 0.15) is 18.8 Å². The van der Waals surface area contributed by atoms with Gasteiger partial charge in [-0.05, 0) is 19.9 Å². The van der Waals surface area contributed by atoms with Crippen molar-refractivity contribution < 1.29 is 27.5 Å². The first kappa shape index (κ1) is 26.5. The predicted molar refractivity (Wildman–Crippen MR) is 126 cm³/mol. The molecule has 0 aromatic carbocycles. The lowest BCUT2D eigenvalue weighted by atomic mass is 10.0. The Kier molecular flexibility index (Phi) is 7.01. The zero-order chi connectivity index (χ0) is 27.7. The number of anilines is 2. The summed E-state index contributed by atoms with van der Waals surface area (Å²) >= 11 is 0. The van der Waals surface area contributed by atoms with Gasteiger partial charge in [0.05, 0.1) is 64.5 Å². The number of carbonyl (C=O) groups is 1. The van der Waals surface area contributed by atoms with Gasteiger partial charge in [-0.25, -0.2) is 13.9 Å². The number of rotatable bonds is 8. The third kappa shape index (κ3) is 6.03. The molecular formula is C23H21F4N9O2. The van der Waals surface area contributed by atoms with Crippen LogP contribution in [0.2, 0.25) is 0 Å². The highest BCUT2D eigenvalue weighted by Crippen LogP contribution is 2.29. The van der Waals surface area contributed by atoms with Crippen molar-refractivity contribution in [2.75, 3.05) is 11.9 Å². The third-order valence-corrected chi connectivity index (χ3v) is 5.37. The Morgan fingerprint density at radius 2 is 1.92 bits per heavy atom. The summed E-state index contributed by atoms with van der Waals surface area (Å²) in [6.07, 6.45) is 1.50. The summed E-state index contributed by atoms with van der Waals surface area (Å²) in [5.74, 6) is -0.738. The summed E-state index contributed by atoms with van der Waals surface area (Å²) in [6, 6.07) is 3.41. The van der Waals surface area contributed by atoms with Crippen LogP contribution in [0.25, 0.3) is 16.9 Å². The molecule has 0 spiro atoms. The monoisotopic (exact) mass is 531 g/mol. The van der Waals surface area contributed by atoms with E-state index in [0.717, 1.165) is 12.4 Å². The molecule has 4 aromatic rings. The number of alkyl halides is 4. The van der Waals surface area contributed by atoms with Gasteiger partial charge in [0.15, 0.2) is 5.65 Å².